The summed E-state index contributed by atoms with van der Waals surface area (Å²) in [6, 6.07) is 8.02. The second-order valence-corrected chi connectivity index (χ2v) is 5.66. The zero-order chi connectivity index (χ0) is 15.3. The van der Waals surface area contributed by atoms with Crippen LogP contribution in [0.1, 0.15) is 57.4 Å². The molecule has 3 nitrogen and oxygen atoms in total. The average molecular weight is 294 g/mol. The van der Waals surface area contributed by atoms with Crippen LogP contribution in [0, 0.1) is 0 Å². The van der Waals surface area contributed by atoms with E-state index < -0.39 is 6.10 Å². The maximum absolute atomic E-state index is 9.22. The van der Waals surface area contributed by atoms with Gasteiger partial charge in [0, 0.05) is 0 Å². The van der Waals surface area contributed by atoms with Crippen LogP contribution in [0.4, 0.5) is 0 Å². The van der Waals surface area contributed by atoms with Crippen LogP contribution in [-0.2, 0) is 6.42 Å². The maximum Gasteiger partial charge on any atom is 0.119 e. The van der Waals surface area contributed by atoms with E-state index in [1.54, 1.807) is 0 Å². The predicted octanol–water partition coefficient (Wildman–Crippen LogP) is 3.71. The van der Waals surface area contributed by atoms with Crippen LogP contribution >= 0.6 is 0 Å². The van der Waals surface area contributed by atoms with Crippen molar-refractivity contribution in [3.05, 3.63) is 29.8 Å². The molecule has 2 N–H and O–H groups in total. The minimum atomic E-state index is -0.808. The molecule has 21 heavy (non-hydrogen) atoms. The van der Waals surface area contributed by atoms with E-state index in [-0.39, 0.29) is 13.2 Å². The van der Waals surface area contributed by atoms with Gasteiger partial charge in [-0.1, -0.05) is 57.6 Å². The van der Waals surface area contributed by atoms with Crippen molar-refractivity contribution in [1.29, 1.82) is 0 Å². The van der Waals surface area contributed by atoms with Gasteiger partial charge in [0.25, 0.3) is 0 Å². The quantitative estimate of drug-likeness (QED) is 0.578. The molecule has 0 bridgehead atoms. The van der Waals surface area contributed by atoms with Gasteiger partial charge in [-0.05, 0) is 30.5 Å². The second kappa shape index (κ2) is 11.6. The molecular weight excluding hydrogens is 264 g/mol. The minimum Gasteiger partial charge on any atom is -0.491 e. The van der Waals surface area contributed by atoms with Crippen LogP contribution in [0.3, 0.4) is 0 Å². The lowest BCUT2D eigenvalue weighted by atomic mass is 10.0. The number of rotatable bonds is 12. The molecule has 0 aliphatic rings. The lowest BCUT2D eigenvalue weighted by Gasteiger charge is -2.10. The standard InChI is InChI=1S/C18H30O3/c1-2-3-4-5-6-7-8-9-16-10-12-18(13-11-16)21-15-17(20)14-19/h10-13,17,19-20H,2-9,14-15H2,1H3/t17-/m1/s1. The molecule has 120 valence electrons. The van der Waals surface area contributed by atoms with Gasteiger partial charge in [0.2, 0.25) is 0 Å². The minimum absolute atomic E-state index is 0.133. The monoisotopic (exact) mass is 294 g/mol. The van der Waals surface area contributed by atoms with Gasteiger partial charge in [0.1, 0.15) is 18.5 Å². The Labute approximate surface area is 129 Å². The van der Waals surface area contributed by atoms with Crippen molar-refractivity contribution >= 4 is 0 Å². The fraction of sp³-hybridized carbons (Fsp3) is 0.667. The summed E-state index contributed by atoms with van der Waals surface area (Å²) in [7, 11) is 0. The molecule has 1 rings (SSSR count). The highest BCUT2D eigenvalue weighted by molar-refractivity contribution is 5.27. The predicted molar refractivity (Wildman–Crippen MR) is 86.7 cm³/mol. The van der Waals surface area contributed by atoms with Crippen molar-refractivity contribution in [1.82, 2.24) is 0 Å². The van der Waals surface area contributed by atoms with Gasteiger partial charge in [0.15, 0.2) is 0 Å². The zero-order valence-corrected chi connectivity index (χ0v) is 13.3. The molecule has 0 amide bonds. The number of benzene rings is 1. The SMILES string of the molecule is CCCCCCCCCc1ccc(OC[C@H](O)CO)cc1. The molecule has 0 heterocycles. The van der Waals surface area contributed by atoms with Crippen LogP contribution in [0.2, 0.25) is 0 Å². The van der Waals surface area contributed by atoms with E-state index in [1.165, 1.54) is 50.5 Å². The highest BCUT2D eigenvalue weighted by Crippen LogP contribution is 2.15. The summed E-state index contributed by atoms with van der Waals surface area (Å²) in [6.07, 6.45) is 9.64. The number of aryl methyl sites for hydroxylation is 1. The average Bonchev–Trinajstić information content (AvgIpc) is 2.52. The molecule has 0 fully saturated rings. The van der Waals surface area contributed by atoms with E-state index >= 15 is 0 Å². The third-order valence-corrected chi connectivity index (χ3v) is 3.65. The van der Waals surface area contributed by atoms with Crippen LogP contribution in [0.15, 0.2) is 24.3 Å². The van der Waals surface area contributed by atoms with Crippen LogP contribution in [-0.4, -0.2) is 29.5 Å². The van der Waals surface area contributed by atoms with E-state index in [0.29, 0.717) is 0 Å². The Hall–Kier alpha value is -1.06. The molecular formula is C18H30O3. The fourth-order valence-corrected chi connectivity index (χ4v) is 2.28. The van der Waals surface area contributed by atoms with Crippen molar-refractivity contribution in [2.24, 2.45) is 0 Å². The van der Waals surface area contributed by atoms with Crippen LogP contribution in [0.5, 0.6) is 5.75 Å². The maximum atomic E-state index is 9.22. The summed E-state index contributed by atoms with van der Waals surface area (Å²) in [5.41, 5.74) is 1.33. The van der Waals surface area contributed by atoms with Gasteiger partial charge in [-0.2, -0.15) is 0 Å². The highest BCUT2D eigenvalue weighted by Gasteiger charge is 2.03. The van der Waals surface area contributed by atoms with Gasteiger partial charge in [-0.25, -0.2) is 0 Å². The molecule has 0 spiro atoms. The van der Waals surface area contributed by atoms with Gasteiger partial charge in [-0.3, -0.25) is 0 Å². The lowest BCUT2D eigenvalue weighted by Crippen LogP contribution is -2.21. The molecule has 1 aromatic carbocycles. The molecule has 0 aliphatic heterocycles. The van der Waals surface area contributed by atoms with Crippen LogP contribution in [0.25, 0.3) is 0 Å². The van der Waals surface area contributed by atoms with Crippen molar-refractivity contribution in [3.8, 4) is 5.75 Å². The Bertz CT molecular complexity index is 348. The molecule has 0 aliphatic carbocycles. The third-order valence-electron chi connectivity index (χ3n) is 3.65. The van der Waals surface area contributed by atoms with E-state index in [0.717, 1.165) is 12.2 Å². The van der Waals surface area contributed by atoms with Gasteiger partial charge in [0.05, 0.1) is 6.61 Å². The molecule has 0 unspecified atom stereocenters. The molecule has 3 heteroatoms. The molecule has 0 saturated heterocycles. The van der Waals surface area contributed by atoms with Gasteiger partial charge < -0.3 is 14.9 Å². The summed E-state index contributed by atoms with van der Waals surface area (Å²) >= 11 is 0. The van der Waals surface area contributed by atoms with E-state index in [4.69, 9.17) is 9.84 Å². The first-order chi connectivity index (χ1) is 10.3. The van der Waals surface area contributed by atoms with Crippen molar-refractivity contribution in [3.63, 3.8) is 0 Å². The van der Waals surface area contributed by atoms with Crippen molar-refractivity contribution in [2.45, 2.75) is 64.4 Å². The highest BCUT2D eigenvalue weighted by atomic mass is 16.5. The number of aliphatic hydroxyl groups excluding tert-OH is 2. The Morgan fingerprint density at radius 1 is 0.952 bits per heavy atom. The Kier molecular flexibility index (Phi) is 9.92. The molecule has 0 radical (unpaired) electrons. The van der Waals surface area contributed by atoms with Crippen molar-refractivity contribution in [2.75, 3.05) is 13.2 Å². The first-order valence-electron chi connectivity index (χ1n) is 8.27. The first-order valence-corrected chi connectivity index (χ1v) is 8.27. The van der Waals surface area contributed by atoms with E-state index in [2.05, 4.69) is 19.1 Å². The normalized spacial score (nSPS) is 12.3. The topological polar surface area (TPSA) is 49.7 Å². The molecule has 1 aromatic rings. The smallest absolute Gasteiger partial charge is 0.119 e. The summed E-state index contributed by atoms with van der Waals surface area (Å²) in [5.74, 6) is 0.741. The number of aliphatic hydroxyl groups is 2. The fourth-order valence-electron chi connectivity index (χ4n) is 2.28. The third kappa shape index (κ3) is 8.74. The Balaban J connectivity index is 2.13. The number of ether oxygens (including phenoxy) is 1. The largest absolute Gasteiger partial charge is 0.491 e. The number of unbranched alkanes of at least 4 members (excludes halogenated alkanes) is 6. The molecule has 0 aromatic heterocycles. The summed E-state index contributed by atoms with van der Waals surface area (Å²) < 4.78 is 5.38. The Morgan fingerprint density at radius 2 is 1.57 bits per heavy atom. The summed E-state index contributed by atoms with van der Waals surface area (Å²) in [6.45, 7) is 2.11. The van der Waals surface area contributed by atoms with E-state index in [1.807, 2.05) is 12.1 Å². The van der Waals surface area contributed by atoms with Crippen LogP contribution < -0.4 is 4.74 Å². The summed E-state index contributed by atoms with van der Waals surface area (Å²) in [4.78, 5) is 0. The van der Waals surface area contributed by atoms with E-state index in [9.17, 15) is 5.11 Å². The lowest BCUT2D eigenvalue weighted by molar-refractivity contribution is 0.0536. The van der Waals surface area contributed by atoms with Crippen molar-refractivity contribution < 1.29 is 14.9 Å². The first kappa shape index (κ1) is 18.0. The Morgan fingerprint density at radius 3 is 2.19 bits per heavy atom. The van der Waals surface area contributed by atoms with Gasteiger partial charge >= 0.3 is 0 Å². The zero-order valence-electron chi connectivity index (χ0n) is 13.3. The molecule has 0 saturated carbocycles. The number of hydrogen-bond acceptors (Lipinski definition) is 3. The number of hydrogen-bond donors (Lipinski definition) is 2. The molecule has 1 atom stereocenters. The second-order valence-electron chi connectivity index (χ2n) is 5.66. The van der Waals surface area contributed by atoms with Gasteiger partial charge in [-0.15, -0.1) is 0 Å². The summed E-state index contributed by atoms with van der Waals surface area (Å²) in [5, 5.41) is 17.9.